The second-order valence-corrected chi connectivity index (χ2v) is 6.55. The zero-order chi connectivity index (χ0) is 19.5. The lowest BCUT2D eigenvalue weighted by Gasteiger charge is -2.09. The highest BCUT2D eigenvalue weighted by Crippen LogP contribution is 2.17. The fraction of sp³-hybridized carbons (Fsp3) is 0.250. The topological polar surface area (TPSA) is 84.7 Å². The first-order valence-corrected chi connectivity index (χ1v) is 9.05. The molecule has 1 aliphatic heterocycles. The first-order chi connectivity index (χ1) is 13.6. The molecule has 2 aromatic heterocycles. The summed E-state index contributed by atoms with van der Waals surface area (Å²) in [4.78, 5) is 29.6. The van der Waals surface area contributed by atoms with Crippen molar-refractivity contribution in [1.29, 1.82) is 0 Å². The molecule has 1 atom stereocenters. The molecular formula is C20H19FN4O3. The molecule has 1 aliphatic rings. The number of amides is 2. The summed E-state index contributed by atoms with van der Waals surface area (Å²) in [7, 11) is 0. The van der Waals surface area contributed by atoms with Crippen LogP contribution < -0.4 is 10.6 Å². The van der Waals surface area contributed by atoms with Crippen LogP contribution in [-0.2, 0) is 4.74 Å². The van der Waals surface area contributed by atoms with E-state index in [1.165, 1.54) is 22.6 Å². The number of ether oxygens (including phenoxy) is 1. The number of aromatic nitrogens is 2. The number of halogens is 1. The summed E-state index contributed by atoms with van der Waals surface area (Å²) in [5, 5.41) is 5.43. The van der Waals surface area contributed by atoms with Gasteiger partial charge in [0.2, 0.25) is 5.82 Å². The van der Waals surface area contributed by atoms with E-state index in [4.69, 9.17) is 4.74 Å². The van der Waals surface area contributed by atoms with Gasteiger partial charge in [-0.25, -0.2) is 9.37 Å². The van der Waals surface area contributed by atoms with Gasteiger partial charge in [-0.2, -0.15) is 0 Å². The van der Waals surface area contributed by atoms with Gasteiger partial charge in [-0.05, 0) is 43.2 Å². The molecule has 0 saturated carbocycles. The van der Waals surface area contributed by atoms with Crippen LogP contribution in [0.15, 0.2) is 48.7 Å². The van der Waals surface area contributed by atoms with Crippen molar-refractivity contribution in [2.45, 2.75) is 18.9 Å². The van der Waals surface area contributed by atoms with Gasteiger partial charge in [0, 0.05) is 25.0 Å². The predicted molar refractivity (Wildman–Crippen MR) is 101 cm³/mol. The summed E-state index contributed by atoms with van der Waals surface area (Å²) in [6, 6.07) is 10.8. The van der Waals surface area contributed by atoms with Gasteiger partial charge in [-0.3, -0.25) is 14.0 Å². The maximum atomic E-state index is 13.4. The average molecular weight is 382 g/mol. The minimum absolute atomic E-state index is 0.00794. The number of imidazole rings is 1. The molecule has 0 bridgehead atoms. The number of carbonyl (C=O) groups is 2. The van der Waals surface area contributed by atoms with Crippen LogP contribution in [0.4, 0.5) is 10.1 Å². The minimum atomic E-state index is -0.537. The van der Waals surface area contributed by atoms with Crippen molar-refractivity contribution in [2.24, 2.45) is 0 Å². The van der Waals surface area contributed by atoms with E-state index in [2.05, 4.69) is 15.6 Å². The Labute approximate surface area is 160 Å². The number of carbonyl (C=O) groups excluding carboxylic acids is 2. The molecule has 28 heavy (non-hydrogen) atoms. The fourth-order valence-electron chi connectivity index (χ4n) is 3.21. The monoisotopic (exact) mass is 382 g/mol. The predicted octanol–water partition coefficient (Wildman–Crippen LogP) is 2.63. The van der Waals surface area contributed by atoms with Crippen LogP contribution in [-0.4, -0.2) is 40.5 Å². The number of fused-ring (bicyclic) bond motifs is 1. The standard InChI is InChI=1S/C20H19FN4O3/c21-13-5-3-6-14(11-13)23-20(27)18-24-17(16-8-1-2-9-25(16)18)19(26)22-12-15-7-4-10-28-15/h1-3,5-6,8-9,11,15H,4,7,10,12H2,(H,22,26)(H,23,27). The number of nitrogens with one attached hydrogen (secondary N) is 2. The highest BCUT2D eigenvalue weighted by molar-refractivity contribution is 6.06. The van der Waals surface area contributed by atoms with E-state index in [0.717, 1.165) is 12.8 Å². The maximum absolute atomic E-state index is 13.4. The van der Waals surface area contributed by atoms with Crippen LogP contribution in [0, 0.1) is 5.82 Å². The van der Waals surface area contributed by atoms with Gasteiger partial charge in [0.05, 0.1) is 11.6 Å². The zero-order valence-electron chi connectivity index (χ0n) is 15.0. The van der Waals surface area contributed by atoms with Crippen molar-refractivity contribution >= 4 is 23.0 Å². The lowest BCUT2D eigenvalue weighted by atomic mass is 10.2. The number of benzene rings is 1. The Morgan fingerprint density at radius 2 is 2.11 bits per heavy atom. The van der Waals surface area contributed by atoms with E-state index in [0.29, 0.717) is 24.4 Å². The second-order valence-electron chi connectivity index (χ2n) is 6.55. The van der Waals surface area contributed by atoms with Gasteiger partial charge in [-0.15, -0.1) is 0 Å². The molecule has 0 radical (unpaired) electrons. The van der Waals surface area contributed by atoms with E-state index in [-0.39, 0.29) is 23.5 Å². The molecule has 3 aromatic rings. The third-order valence-corrected chi connectivity index (χ3v) is 4.56. The van der Waals surface area contributed by atoms with Crippen molar-refractivity contribution in [1.82, 2.24) is 14.7 Å². The Morgan fingerprint density at radius 1 is 1.21 bits per heavy atom. The Bertz CT molecular complexity index is 1030. The molecule has 4 rings (SSSR count). The highest BCUT2D eigenvalue weighted by atomic mass is 19.1. The summed E-state index contributed by atoms with van der Waals surface area (Å²) in [6.45, 7) is 1.11. The molecule has 2 N–H and O–H groups in total. The Balaban J connectivity index is 1.58. The van der Waals surface area contributed by atoms with Gasteiger partial charge in [-0.1, -0.05) is 12.1 Å². The van der Waals surface area contributed by atoms with Gasteiger partial charge >= 0.3 is 0 Å². The molecule has 1 fully saturated rings. The average Bonchev–Trinajstić information content (AvgIpc) is 3.34. The second kappa shape index (κ2) is 7.77. The number of pyridine rings is 1. The van der Waals surface area contributed by atoms with Gasteiger partial charge in [0.1, 0.15) is 5.82 Å². The SMILES string of the molecule is O=C(NCC1CCCO1)c1nc(C(=O)Nc2cccc(F)c2)n2ccccc12. The van der Waals surface area contributed by atoms with Crippen LogP contribution in [0.3, 0.4) is 0 Å². The van der Waals surface area contributed by atoms with Crippen molar-refractivity contribution in [3.8, 4) is 0 Å². The van der Waals surface area contributed by atoms with E-state index in [1.54, 1.807) is 30.5 Å². The molecule has 7 nitrogen and oxygen atoms in total. The largest absolute Gasteiger partial charge is 0.376 e. The molecule has 1 aromatic carbocycles. The minimum Gasteiger partial charge on any atom is -0.376 e. The fourth-order valence-corrected chi connectivity index (χ4v) is 3.21. The first kappa shape index (κ1) is 18.1. The molecule has 8 heteroatoms. The van der Waals surface area contributed by atoms with Gasteiger partial charge in [0.15, 0.2) is 5.69 Å². The molecule has 1 saturated heterocycles. The molecule has 1 unspecified atom stereocenters. The highest BCUT2D eigenvalue weighted by Gasteiger charge is 2.23. The Hall–Kier alpha value is -3.26. The quantitative estimate of drug-likeness (QED) is 0.711. The summed E-state index contributed by atoms with van der Waals surface area (Å²) >= 11 is 0. The summed E-state index contributed by atoms with van der Waals surface area (Å²) in [5.74, 6) is -1.32. The normalized spacial score (nSPS) is 16.2. The van der Waals surface area contributed by atoms with E-state index in [1.807, 2.05) is 0 Å². The van der Waals surface area contributed by atoms with Crippen molar-refractivity contribution in [3.63, 3.8) is 0 Å². The lowest BCUT2D eigenvalue weighted by molar-refractivity contribution is 0.0855. The summed E-state index contributed by atoms with van der Waals surface area (Å²) in [5.41, 5.74) is 0.974. The third kappa shape index (κ3) is 3.72. The molecule has 0 aliphatic carbocycles. The van der Waals surface area contributed by atoms with E-state index in [9.17, 15) is 14.0 Å². The number of hydrogen-bond acceptors (Lipinski definition) is 4. The molecule has 3 heterocycles. The van der Waals surface area contributed by atoms with Crippen LogP contribution in [0.25, 0.3) is 5.52 Å². The third-order valence-electron chi connectivity index (χ3n) is 4.56. The number of anilines is 1. The Morgan fingerprint density at radius 3 is 2.89 bits per heavy atom. The van der Waals surface area contributed by atoms with Crippen molar-refractivity contribution < 1.29 is 18.7 Å². The van der Waals surface area contributed by atoms with Gasteiger partial charge in [0.25, 0.3) is 11.8 Å². The first-order valence-electron chi connectivity index (χ1n) is 9.05. The van der Waals surface area contributed by atoms with E-state index >= 15 is 0 Å². The van der Waals surface area contributed by atoms with Crippen LogP contribution in [0.5, 0.6) is 0 Å². The number of hydrogen-bond donors (Lipinski definition) is 2. The van der Waals surface area contributed by atoms with Crippen molar-refractivity contribution in [2.75, 3.05) is 18.5 Å². The van der Waals surface area contributed by atoms with Crippen LogP contribution in [0.1, 0.15) is 33.9 Å². The molecule has 2 amide bonds. The number of rotatable bonds is 5. The van der Waals surface area contributed by atoms with Crippen molar-refractivity contribution in [3.05, 3.63) is 66.0 Å². The zero-order valence-corrected chi connectivity index (χ0v) is 15.0. The van der Waals surface area contributed by atoms with Crippen LogP contribution in [0.2, 0.25) is 0 Å². The van der Waals surface area contributed by atoms with Crippen LogP contribution >= 0.6 is 0 Å². The molecular weight excluding hydrogens is 363 g/mol. The van der Waals surface area contributed by atoms with Gasteiger partial charge < -0.3 is 15.4 Å². The smallest absolute Gasteiger partial charge is 0.292 e. The summed E-state index contributed by atoms with van der Waals surface area (Å²) < 4.78 is 20.4. The number of nitrogens with zero attached hydrogens (tertiary/aromatic N) is 2. The lowest BCUT2D eigenvalue weighted by Crippen LogP contribution is -2.32. The molecule has 0 spiro atoms. The molecule has 144 valence electrons. The Kier molecular flexibility index (Phi) is 5.03. The van der Waals surface area contributed by atoms with E-state index < -0.39 is 11.7 Å². The maximum Gasteiger partial charge on any atom is 0.292 e. The summed E-state index contributed by atoms with van der Waals surface area (Å²) in [6.07, 6.45) is 3.55.